The fraction of sp³-hybridized carbons (Fsp3) is 0.421. The zero-order chi connectivity index (χ0) is 21.5. The van der Waals surface area contributed by atoms with Gasteiger partial charge in [-0.25, -0.2) is 14.0 Å². The largest absolute Gasteiger partial charge is 0.457 e. The third-order valence-corrected chi connectivity index (χ3v) is 5.07. The molecule has 0 saturated carbocycles. The van der Waals surface area contributed by atoms with Crippen LogP contribution in [0.1, 0.15) is 18.7 Å². The van der Waals surface area contributed by atoms with E-state index >= 15 is 4.39 Å². The van der Waals surface area contributed by atoms with Crippen molar-refractivity contribution in [2.75, 3.05) is 6.61 Å². The SMILES string of the molecule is C[C@@]12OC(C(=O)OCc3ccccc3)O[C@@H]1[C@@](F)(CO)O[C@H]2n1ccc(=O)[nH]c1=O. The van der Waals surface area contributed by atoms with Crippen molar-refractivity contribution in [3.05, 3.63) is 69.0 Å². The van der Waals surface area contributed by atoms with Crippen LogP contribution in [0.5, 0.6) is 0 Å². The number of aliphatic hydroxyl groups is 1. The zero-order valence-electron chi connectivity index (χ0n) is 15.8. The van der Waals surface area contributed by atoms with Gasteiger partial charge in [-0.2, -0.15) is 0 Å². The minimum absolute atomic E-state index is 0.0512. The van der Waals surface area contributed by atoms with Crippen LogP contribution in [-0.2, 0) is 30.3 Å². The van der Waals surface area contributed by atoms with Crippen LogP contribution in [0.15, 0.2) is 52.2 Å². The van der Waals surface area contributed by atoms with Gasteiger partial charge in [0.15, 0.2) is 12.3 Å². The van der Waals surface area contributed by atoms with Gasteiger partial charge in [-0.05, 0) is 12.5 Å². The van der Waals surface area contributed by atoms with Crippen LogP contribution < -0.4 is 11.2 Å². The molecule has 2 saturated heterocycles. The minimum atomic E-state index is -2.76. The molecular weight excluding hydrogens is 403 g/mol. The summed E-state index contributed by atoms with van der Waals surface area (Å²) in [5.41, 5.74) is -2.49. The Labute approximate surface area is 168 Å². The Morgan fingerprint density at radius 1 is 1.27 bits per heavy atom. The summed E-state index contributed by atoms with van der Waals surface area (Å²) in [6.45, 7) is 0.211. The Balaban J connectivity index is 1.58. The number of aliphatic hydroxyl groups excluding tert-OH is 1. The number of halogens is 1. The number of carbonyl (C=O) groups excluding carboxylic acids is 1. The van der Waals surface area contributed by atoms with E-state index in [-0.39, 0.29) is 6.61 Å². The Kier molecular flexibility index (Phi) is 5.06. The maximum atomic E-state index is 15.3. The van der Waals surface area contributed by atoms with E-state index in [1.54, 1.807) is 24.3 Å². The molecule has 4 rings (SSSR count). The van der Waals surface area contributed by atoms with Gasteiger partial charge >= 0.3 is 11.7 Å². The lowest BCUT2D eigenvalue weighted by atomic mass is 9.95. The van der Waals surface area contributed by atoms with Gasteiger partial charge in [-0.1, -0.05) is 30.3 Å². The fourth-order valence-corrected chi connectivity index (χ4v) is 3.63. The molecule has 1 aromatic carbocycles. The van der Waals surface area contributed by atoms with Crippen LogP contribution in [0.2, 0.25) is 0 Å². The van der Waals surface area contributed by atoms with E-state index in [1.807, 2.05) is 11.1 Å². The standard InChI is InChI=1S/C19H19FN2O8/c1-18-15(28-14(29-18)13(25)27-9-11-5-3-2-4-6-11)19(20,10-23)30-16(18)22-8-7-12(24)21-17(22)26/h2-8,14-16,23H,9-10H2,1H3,(H,21,24,26)/t14?,15-,16+,18+,19+/m0/s1. The Bertz CT molecular complexity index is 1060. The van der Waals surface area contributed by atoms with Crippen LogP contribution in [0.3, 0.4) is 0 Å². The molecular formula is C19H19FN2O8. The monoisotopic (exact) mass is 422 g/mol. The van der Waals surface area contributed by atoms with E-state index in [4.69, 9.17) is 18.9 Å². The topological polar surface area (TPSA) is 129 Å². The average molecular weight is 422 g/mol. The summed E-state index contributed by atoms with van der Waals surface area (Å²) in [7, 11) is 0. The van der Waals surface area contributed by atoms with Crippen LogP contribution in [0, 0.1) is 0 Å². The molecule has 2 aliphatic heterocycles. The highest BCUT2D eigenvalue weighted by Gasteiger charge is 2.71. The lowest BCUT2D eigenvalue weighted by molar-refractivity contribution is -0.250. The van der Waals surface area contributed by atoms with E-state index < -0.39 is 53.9 Å². The molecule has 1 unspecified atom stereocenters. The predicted octanol–water partition coefficient (Wildman–Crippen LogP) is -0.0329. The van der Waals surface area contributed by atoms with Crippen molar-refractivity contribution in [3.8, 4) is 0 Å². The van der Waals surface area contributed by atoms with Gasteiger partial charge in [-0.15, -0.1) is 0 Å². The molecule has 0 spiro atoms. The van der Waals surface area contributed by atoms with Crippen LogP contribution >= 0.6 is 0 Å². The number of hydrogen-bond acceptors (Lipinski definition) is 8. The maximum Gasteiger partial charge on any atom is 0.363 e. The summed E-state index contributed by atoms with van der Waals surface area (Å²) in [5, 5.41) is 9.54. The van der Waals surface area contributed by atoms with Crippen LogP contribution in [0.4, 0.5) is 4.39 Å². The van der Waals surface area contributed by atoms with Crippen molar-refractivity contribution >= 4 is 5.97 Å². The van der Waals surface area contributed by atoms with Gasteiger partial charge in [0.1, 0.15) is 18.8 Å². The number of nitrogens with one attached hydrogen (secondary N) is 1. The van der Waals surface area contributed by atoms with E-state index in [1.165, 1.54) is 6.92 Å². The van der Waals surface area contributed by atoms with Crippen LogP contribution in [0.25, 0.3) is 0 Å². The molecule has 0 aliphatic carbocycles. The third kappa shape index (κ3) is 3.35. The van der Waals surface area contributed by atoms with Crippen molar-refractivity contribution < 1.29 is 33.2 Å². The number of aromatic amines is 1. The first-order chi connectivity index (χ1) is 14.3. The number of H-pyrrole nitrogens is 1. The number of benzene rings is 1. The summed E-state index contributed by atoms with van der Waals surface area (Å²) in [6.07, 6.45) is -3.49. The first-order valence-electron chi connectivity index (χ1n) is 9.10. The van der Waals surface area contributed by atoms with Gasteiger partial charge < -0.3 is 24.1 Å². The fourth-order valence-electron chi connectivity index (χ4n) is 3.63. The molecule has 5 atom stereocenters. The average Bonchev–Trinajstić information content (AvgIpc) is 3.19. The number of rotatable bonds is 5. The van der Waals surface area contributed by atoms with Crippen molar-refractivity contribution in [1.82, 2.24) is 9.55 Å². The zero-order valence-corrected chi connectivity index (χ0v) is 15.8. The van der Waals surface area contributed by atoms with Gasteiger partial charge in [0.2, 0.25) is 0 Å². The van der Waals surface area contributed by atoms with Gasteiger partial charge in [0.05, 0.1) is 0 Å². The number of ether oxygens (including phenoxy) is 4. The van der Waals surface area contributed by atoms with Crippen molar-refractivity contribution in [1.29, 1.82) is 0 Å². The quantitative estimate of drug-likeness (QED) is 0.643. The van der Waals surface area contributed by atoms with Crippen LogP contribution in [-0.4, -0.2) is 51.1 Å². The first kappa shape index (κ1) is 20.4. The summed E-state index contributed by atoms with van der Waals surface area (Å²) >= 11 is 0. The highest BCUT2D eigenvalue weighted by molar-refractivity contribution is 5.73. The predicted molar refractivity (Wildman–Crippen MR) is 96.8 cm³/mol. The number of hydrogen-bond donors (Lipinski definition) is 2. The second-order valence-corrected chi connectivity index (χ2v) is 7.17. The number of alkyl halides is 1. The van der Waals surface area contributed by atoms with Crippen molar-refractivity contribution in [3.63, 3.8) is 0 Å². The molecule has 3 heterocycles. The van der Waals surface area contributed by atoms with Crippen molar-refractivity contribution in [2.24, 2.45) is 0 Å². The molecule has 10 nitrogen and oxygen atoms in total. The van der Waals surface area contributed by atoms with E-state index in [2.05, 4.69) is 0 Å². The number of esters is 1. The third-order valence-electron chi connectivity index (χ3n) is 5.07. The Morgan fingerprint density at radius 3 is 2.67 bits per heavy atom. The summed E-state index contributed by atoms with van der Waals surface area (Å²) < 4.78 is 37.6. The lowest BCUT2D eigenvalue weighted by Crippen LogP contribution is -2.47. The van der Waals surface area contributed by atoms with Gasteiger partial charge in [0, 0.05) is 12.3 Å². The molecule has 2 fully saturated rings. The van der Waals surface area contributed by atoms with Crippen molar-refractivity contribution in [2.45, 2.75) is 43.6 Å². The molecule has 2 aromatic rings. The molecule has 30 heavy (non-hydrogen) atoms. The molecule has 1 aromatic heterocycles. The number of fused-ring (bicyclic) bond motifs is 1. The molecule has 11 heteroatoms. The Hall–Kier alpha value is -2.86. The summed E-state index contributed by atoms with van der Waals surface area (Å²) in [6, 6.07) is 9.92. The lowest BCUT2D eigenvalue weighted by Gasteiger charge is -2.27. The number of aromatic nitrogens is 2. The second-order valence-electron chi connectivity index (χ2n) is 7.17. The molecule has 160 valence electrons. The Morgan fingerprint density at radius 2 is 2.00 bits per heavy atom. The maximum absolute atomic E-state index is 15.3. The van der Waals surface area contributed by atoms with Gasteiger partial charge in [0.25, 0.3) is 17.7 Å². The highest BCUT2D eigenvalue weighted by atomic mass is 19.2. The normalized spacial score (nSPS) is 32.7. The smallest absolute Gasteiger partial charge is 0.363 e. The van der Waals surface area contributed by atoms with E-state index in [0.29, 0.717) is 0 Å². The first-order valence-corrected chi connectivity index (χ1v) is 9.10. The highest BCUT2D eigenvalue weighted by Crippen LogP contribution is 2.52. The van der Waals surface area contributed by atoms with E-state index in [0.717, 1.165) is 22.4 Å². The molecule has 0 radical (unpaired) electrons. The summed E-state index contributed by atoms with van der Waals surface area (Å²) in [4.78, 5) is 38.0. The number of nitrogens with zero attached hydrogens (tertiary/aromatic N) is 1. The summed E-state index contributed by atoms with van der Waals surface area (Å²) in [5.74, 6) is -3.66. The molecule has 0 bridgehead atoms. The molecule has 2 aliphatic rings. The molecule has 0 amide bonds. The minimum Gasteiger partial charge on any atom is -0.457 e. The van der Waals surface area contributed by atoms with Gasteiger partial charge in [-0.3, -0.25) is 14.3 Å². The van der Waals surface area contributed by atoms with E-state index in [9.17, 15) is 19.5 Å². The molecule has 2 N–H and O–H groups in total. The second kappa shape index (κ2) is 7.43. The number of carbonyl (C=O) groups is 1.